The van der Waals surface area contributed by atoms with Crippen LogP contribution in [-0.4, -0.2) is 86.4 Å². The SMILES string of the molecule is O=C(c1ccc2c(ccn2-c2ccc(C(F)(F)F)nc2)c1)N1CC(N2CCN(C(=O)c3ccc[nH]3)CC2)C1. The third-order valence-corrected chi connectivity index (χ3v) is 7.35. The van der Waals surface area contributed by atoms with Gasteiger partial charge in [0.2, 0.25) is 0 Å². The summed E-state index contributed by atoms with van der Waals surface area (Å²) in [4.78, 5) is 38.1. The summed E-state index contributed by atoms with van der Waals surface area (Å²) < 4.78 is 40.2. The van der Waals surface area contributed by atoms with E-state index in [1.165, 1.54) is 12.3 Å². The largest absolute Gasteiger partial charge is 0.433 e. The van der Waals surface area contributed by atoms with Gasteiger partial charge in [-0.1, -0.05) is 0 Å². The molecule has 2 aliphatic heterocycles. The highest BCUT2D eigenvalue weighted by molar-refractivity contribution is 5.99. The number of alkyl halides is 3. The summed E-state index contributed by atoms with van der Waals surface area (Å²) in [6.07, 6.45) is 0.201. The van der Waals surface area contributed by atoms with Crippen molar-refractivity contribution in [2.24, 2.45) is 0 Å². The maximum absolute atomic E-state index is 13.1. The van der Waals surface area contributed by atoms with Gasteiger partial charge in [0.25, 0.3) is 11.8 Å². The van der Waals surface area contributed by atoms with E-state index in [9.17, 15) is 22.8 Å². The van der Waals surface area contributed by atoms with Crippen molar-refractivity contribution in [3.8, 4) is 5.69 Å². The van der Waals surface area contributed by atoms with E-state index in [2.05, 4.69) is 14.9 Å². The lowest BCUT2D eigenvalue weighted by molar-refractivity contribution is -0.141. The summed E-state index contributed by atoms with van der Waals surface area (Å²) >= 11 is 0. The van der Waals surface area contributed by atoms with Gasteiger partial charge in [0, 0.05) is 68.7 Å². The number of carbonyl (C=O) groups excluding carboxylic acids is 2. The fourth-order valence-electron chi connectivity index (χ4n) is 5.16. The molecule has 8 nitrogen and oxygen atoms in total. The lowest BCUT2D eigenvalue weighted by Gasteiger charge is -2.48. The first kappa shape index (κ1) is 24.2. The average Bonchev–Trinajstić information content (AvgIpc) is 3.57. The number of pyridine rings is 1. The highest BCUT2D eigenvalue weighted by atomic mass is 19.4. The summed E-state index contributed by atoms with van der Waals surface area (Å²) in [5.74, 6) is -0.0356. The molecule has 11 heteroatoms. The summed E-state index contributed by atoms with van der Waals surface area (Å²) in [6, 6.07) is 13.4. The molecule has 3 aromatic heterocycles. The van der Waals surface area contributed by atoms with E-state index >= 15 is 0 Å². The lowest BCUT2D eigenvalue weighted by Crippen LogP contribution is -2.64. The monoisotopic (exact) mass is 522 g/mol. The molecule has 2 amide bonds. The molecule has 2 fully saturated rings. The Morgan fingerprint density at radius 3 is 2.37 bits per heavy atom. The number of benzene rings is 1. The van der Waals surface area contributed by atoms with Crippen molar-refractivity contribution in [3.05, 3.63) is 84.1 Å². The predicted octanol–water partition coefficient (Wildman–Crippen LogP) is 3.65. The number of H-pyrrole nitrogens is 1. The second-order valence-corrected chi connectivity index (χ2v) is 9.63. The topological polar surface area (TPSA) is 77.5 Å². The van der Waals surface area contributed by atoms with Crippen LogP contribution in [0.2, 0.25) is 0 Å². The van der Waals surface area contributed by atoms with Gasteiger partial charge < -0.3 is 19.4 Å². The molecular formula is C27H25F3N6O2. The molecule has 0 spiro atoms. The number of piperazine rings is 1. The Kier molecular flexibility index (Phi) is 5.94. The molecule has 0 aliphatic carbocycles. The van der Waals surface area contributed by atoms with Crippen molar-refractivity contribution in [3.63, 3.8) is 0 Å². The van der Waals surface area contributed by atoms with E-state index in [1.807, 2.05) is 28.0 Å². The van der Waals surface area contributed by atoms with E-state index in [0.717, 1.165) is 30.1 Å². The molecule has 5 heterocycles. The van der Waals surface area contributed by atoms with Crippen LogP contribution in [0.15, 0.2) is 67.1 Å². The molecule has 0 bridgehead atoms. The van der Waals surface area contributed by atoms with Crippen molar-refractivity contribution in [2.45, 2.75) is 12.2 Å². The number of hydrogen-bond acceptors (Lipinski definition) is 4. The number of halogens is 3. The number of fused-ring (bicyclic) bond motifs is 1. The Hall–Kier alpha value is -4.12. The molecule has 2 aliphatic rings. The molecule has 38 heavy (non-hydrogen) atoms. The third kappa shape index (κ3) is 4.43. The molecule has 0 radical (unpaired) electrons. The first-order chi connectivity index (χ1) is 18.3. The summed E-state index contributed by atoms with van der Waals surface area (Å²) in [5.41, 5.74) is 1.51. The quantitative estimate of drug-likeness (QED) is 0.444. The van der Waals surface area contributed by atoms with Crippen LogP contribution in [0.25, 0.3) is 16.6 Å². The van der Waals surface area contributed by atoms with Crippen LogP contribution in [0.5, 0.6) is 0 Å². The first-order valence-corrected chi connectivity index (χ1v) is 12.4. The number of aromatic nitrogens is 3. The Labute approximate surface area is 216 Å². The van der Waals surface area contributed by atoms with Gasteiger partial charge in [-0.25, -0.2) is 4.98 Å². The van der Waals surface area contributed by atoms with Crippen LogP contribution in [0, 0.1) is 0 Å². The normalized spacial score (nSPS) is 17.1. The van der Waals surface area contributed by atoms with Crippen LogP contribution in [-0.2, 0) is 6.18 Å². The Morgan fingerprint density at radius 2 is 1.71 bits per heavy atom. The number of nitrogens with one attached hydrogen (secondary N) is 1. The van der Waals surface area contributed by atoms with Gasteiger partial charge in [-0.05, 0) is 48.5 Å². The highest BCUT2D eigenvalue weighted by Gasteiger charge is 2.37. The number of nitrogens with zero attached hydrogens (tertiary/aromatic N) is 5. The highest BCUT2D eigenvalue weighted by Crippen LogP contribution is 2.29. The van der Waals surface area contributed by atoms with Crippen LogP contribution in [0.1, 0.15) is 26.5 Å². The van der Waals surface area contributed by atoms with Gasteiger partial charge in [0.05, 0.1) is 17.4 Å². The van der Waals surface area contributed by atoms with Crippen molar-refractivity contribution >= 4 is 22.7 Å². The lowest BCUT2D eigenvalue weighted by atomic mass is 10.0. The van der Waals surface area contributed by atoms with Gasteiger partial charge in [0.15, 0.2) is 0 Å². The molecule has 4 aromatic rings. The zero-order chi connectivity index (χ0) is 26.4. The number of carbonyl (C=O) groups is 2. The zero-order valence-corrected chi connectivity index (χ0v) is 20.4. The molecule has 6 rings (SSSR count). The number of likely N-dealkylation sites (tertiary alicyclic amines) is 1. The minimum absolute atomic E-state index is 0.0128. The Balaban J connectivity index is 1.06. The van der Waals surface area contributed by atoms with Crippen LogP contribution in [0.3, 0.4) is 0 Å². The third-order valence-electron chi connectivity index (χ3n) is 7.35. The summed E-state index contributed by atoms with van der Waals surface area (Å²) in [5, 5.41) is 0.815. The molecule has 0 atom stereocenters. The van der Waals surface area contributed by atoms with Crippen LogP contribution < -0.4 is 0 Å². The van der Waals surface area contributed by atoms with E-state index in [1.54, 1.807) is 35.2 Å². The van der Waals surface area contributed by atoms with Crippen LogP contribution in [0.4, 0.5) is 13.2 Å². The van der Waals surface area contributed by atoms with Crippen molar-refractivity contribution in [1.82, 2.24) is 29.2 Å². The molecule has 0 saturated carbocycles. The van der Waals surface area contributed by atoms with Crippen molar-refractivity contribution < 1.29 is 22.8 Å². The van der Waals surface area contributed by atoms with E-state index in [4.69, 9.17) is 0 Å². The molecule has 0 unspecified atom stereocenters. The fraction of sp³-hybridized carbons (Fsp3) is 0.296. The second kappa shape index (κ2) is 9.32. The zero-order valence-electron chi connectivity index (χ0n) is 20.4. The maximum Gasteiger partial charge on any atom is 0.433 e. The van der Waals surface area contributed by atoms with Gasteiger partial charge in [-0.3, -0.25) is 14.5 Å². The second-order valence-electron chi connectivity index (χ2n) is 9.63. The van der Waals surface area contributed by atoms with Gasteiger partial charge in [-0.15, -0.1) is 0 Å². The molecule has 1 N–H and O–H groups in total. The number of rotatable bonds is 4. The number of aromatic amines is 1. The van der Waals surface area contributed by atoms with Crippen molar-refractivity contribution in [2.75, 3.05) is 39.3 Å². The Morgan fingerprint density at radius 1 is 0.921 bits per heavy atom. The maximum atomic E-state index is 13.1. The average molecular weight is 523 g/mol. The van der Waals surface area contributed by atoms with Crippen molar-refractivity contribution in [1.29, 1.82) is 0 Å². The molecule has 2 saturated heterocycles. The van der Waals surface area contributed by atoms with E-state index in [0.29, 0.717) is 43.1 Å². The van der Waals surface area contributed by atoms with E-state index in [-0.39, 0.29) is 17.9 Å². The predicted molar refractivity (Wildman–Crippen MR) is 134 cm³/mol. The van der Waals surface area contributed by atoms with Gasteiger partial charge in [0.1, 0.15) is 11.4 Å². The smallest absolute Gasteiger partial charge is 0.357 e. The van der Waals surface area contributed by atoms with Crippen LogP contribution >= 0.6 is 0 Å². The number of hydrogen-bond donors (Lipinski definition) is 1. The molecule has 1 aromatic carbocycles. The minimum atomic E-state index is -4.49. The first-order valence-electron chi connectivity index (χ1n) is 12.4. The van der Waals surface area contributed by atoms with Gasteiger partial charge in [-0.2, -0.15) is 13.2 Å². The molecule has 196 valence electrons. The van der Waals surface area contributed by atoms with Gasteiger partial charge >= 0.3 is 6.18 Å². The number of amides is 2. The summed E-state index contributed by atoms with van der Waals surface area (Å²) in [6.45, 7) is 4.14. The standard InChI is InChI=1S/C27H25F3N6O2/c28-27(29,30)24-6-4-20(15-32-24)36-9-7-18-14-19(3-5-23(18)36)25(37)35-16-21(17-35)33-10-12-34(13-11-33)26(38)22-2-1-8-31-22/h1-9,14-15,21,31H,10-13,16-17H2. The Bertz CT molecular complexity index is 1470. The minimum Gasteiger partial charge on any atom is -0.357 e. The summed E-state index contributed by atoms with van der Waals surface area (Å²) in [7, 11) is 0. The molecular weight excluding hydrogens is 497 g/mol. The van der Waals surface area contributed by atoms with E-state index < -0.39 is 11.9 Å². The fourth-order valence-corrected chi connectivity index (χ4v) is 5.16.